The Labute approximate surface area is 310 Å². The fraction of sp³-hybridized carbons (Fsp3) is 0.625. The Morgan fingerprint density at radius 3 is 2.37 bits per heavy atom. The van der Waals surface area contributed by atoms with Crippen molar-refractivity contribution in [3.05, 3.63) is 69.0 Å². The number of esters is 1. The van der Waals surface area contributed by atoms with E-state index in [0.717, 1.165) is 57.4 Å². The van der Waals surface area contributed by atoms with Gasteiger partial charge in [0, 0.05) is 11.5 Å². The molecule has 7 nitrogen and oxygen atoms in total. The van der Waals surface area contributed by atoms with Crippen LogP contribution in [0.1, 0.15) is 104 Å². The second-order valence-electron chi connectivity index (χ2n) is 15.2. The van der Waals surface area contributed by atoms with Gasteiger partial charge in [0.05, 0.1) is 35.3 Å². The summed E-state index contributed by atoms with van der Waals surface area (Å²) in [6.45, 7) is 22.8. The van der Waals surface area contributed by atoms with Crippen molar-refractivity contribution in [3.63, 3.8) is 0 Å². The standard InChI is InChI=1S/C40H61IO7Si/c1-11-17-30(33(42)20-22-40(35(12-2)48-40)38(43)44-13-3)21-23-45-34-25-31(24-28(4)5)37(46-26-29-18-15-14-16-19-29)32(36(34)41)27-47-49(9,10)39(6,7)8/h14-16,18-19,21,23,25,28,30,33,35,42H,11-13,17,20,22,24,26-27H2,1-10H3/b23-21+/t30?,33?,35-,40?/m0/s1. The maximum Gasteiger partial charge on any atom is 0.341 e. The Bertz CT molecular complexity index is 1370. The summed E-state index contributed by atoms with van der Waals surface area (Å²) in [6.07, 6.45) is 6.99. The van der Waals surface area contributed by atoms with Gasteiger partial charge in [-0.1, -0.05) is 85.2 Å². The number of ether oxygens (including phenoxy) is 4. The fourth-order valence-electron chi connectivity index (χ4n) is 5.84. The molecule has 2 aromatic carbocycles. The molecule has 1 aliphatic rings. The summed E-state index contributed by atoms with van der Waals surface area (Å²) in [5.41, 5.74) is 2.28. The molecule has 274 valence electrons. The van der Waals surface area contributed by atoms with E-state index in [1.54, 1.807) is 13.2 Å². The summed E-state index contributed by atoms with van der Waals surface area (Å²) < 4.78 is 31.9. The molecule has 1 saturated heterocycles. The number of epoxide rings is 1. The molecular weight excluding hydrogens is 747 g/mol. The molecule has 0 spiro atoms. The van der Waals surface area contributed by atoms with Crippen LogP contribution in [0.3, 0.4) is 0 Å². The van der Waals surface area contributed by atoms with Gasteiger partial charge in [0.25, 0.3) is 0 Å². The molecule has 9 heteroatoms. The van der Waals surface area contributed by atoms with Crippen molar-refractivity contribution in [1.82, 2.24) is 0 Å². The van der Waals surface area contributed by atoms with Gasteiger partial charge in [-0.25, -0.2) is 4.79 Å². The van der Waals surface area contributed by atoms with Crippen LogP contribution < -0.4 is 9.47 Å². The molecule has 0 amide bonds. The average Bonchev–Trinajstić information content (AvgIpc) is 3.78. The Kier molecular flexibility index (Phi) is 15.7. The number of hydrogen-bond acceptors (Lipinski definition) is 7. The normalized spacial score (nSPS) is 19.2. The lowest BCUT2D eigenvalue weighted by molar-refractivity contribution is -0.150. The predicted octanol–water partition coefficient (Wildman–Crippen LogP) is 10.2. The highest BCUT2D eigenvalue weighted by Gasteiger charge is 2.62. The van der Waals surface area contributed by atoms with Gasteiger partial charge in [-0.05, 0) is 109 Å². The van der Waals surface area contributed by atoms with Crippen LogP contribution in [0.5, 0.6) is 11.5 Å². The summed E-state index contributed by atoms with van der Waals surface area (Å²) in [5, 5.41) is 11.4. The lowest BCUT2D eigenvalue weighted by Crippen LogP contribution is -2.40. The van der Waals surface area contributed by atoms with Crippen molar-refractivity contribution in [3.8, 4) is 11.5 Å². The number of aliphatic hydroxyl groups excluding tert-OH is 1. The van der Waals surface area contributed by atoms with Crippen LogP contribution in [-0.2, 0) is 38.3 Å². The maximum absolute atomic E-state index is 12.7. The van der Waals surface area contributed by atoms with Crippen molar-refractivity contribution < 1.29 is 33.3 Å². The lowest BCUT2D eigenvalue weighted by atomic mass is 9.89. The number of aliphatic hydroxyl groups is 1. The van der Waals surface area contributed by atoms with E-state index in [-0.39, 0.29) is 23.0 Å². The van der Waals surface area contributed by atoms with E-state index in [1.165, 1.54) is 0 Å². The lowest BCUT2D eigenvalue weighted by Gasteiger charge is -2.36. The first-order valence-electron chi connectivity index (χ1n) is 18.1. The van der Waals surface area contributed by atoms with Gasteiger partial charge in [-0.2, -0.15) is 0 Å². The molecule has 3 unspecified atom stereocenters. The van der Waals surface area contributed by atoms with E-state index < -0.39 is 20.0 Å². The summed E-state index contributed by atoms with van der Waals surface area (Å²) in [7, 11) is -2.06. The summed E-state index contributed by atoms with van der Waals surface area (Å²) in [4.78, 5) is 12.7. The summed E-state index contributed by atoms with van der Waals surface area (Å²) in [6, 6.07) is 12.3. The molecule has 1 fully saturated rings. The summed E-state index contributed by atoms with van der Waals surface area (Å²) >= 11 is 2.37. The largest absolute Gasteiger partial charge is 0.488 e. The number of hydrogen-bond donors (Lipinski definition) is 1. The van der Waals surface area contributed by atoms with Crippen molar-refractivity contribution in [2.45, 2.75) is 143 Å². The highest BCUT2D eigenvalue weighted by molar-refractivity contribution is 14.1. The first-order valence-corrected chi connectivity index (χ1v) is 22.1. The van der Waals surface area contributed by atoms with Crippen LogP contribution in [0.15, 0.2) is 48.7 Å². The highest BCUT2D eigenvalue weighted by Crippen LogP contribution is 2.45. The second-order valence-corrected chi connectivity index (χ2v) is 21.1. The van der Waals surface area contributed by atoms with E-state index in [4.69, 9.17) is 23.4 Å². The third kappa shape index (κ3) is 11.3. The minimum absolute atomic E-state index is 0.0648. The maximum atomic E-state index is 12.7. The Balaban J connectivity index is 1.90. The topological polar surface area (TPSA) is 86.8 Å². The molecule has 3 rings (SSSR count). The highest BCUT2D eigenvalue weighted by atomic mass is 127. The summed E-state index contributed by atoms with van der Waals surface area (Å²) in [5.74, 6) is 1.57. The van der Waals surface area contributed by atoms with Crippen LogP contribution >= 0.6 is 22.6 Å². The molecule has 0 radical (unpaired) electrons. The van der Waals surface area contributed by atoms with Crippen LogP contribution in [0.2, 0.25) is 18.1 Å². The van der Waals surface area contributed by atoms with Crippen molar-refractivity contribution in [2.24, 2.45) is 11.8 Å². The molecule has 1 aliphatic heterocycles. The number of benzene rings is 2. The van der Waals surface area contributed by atoms with Gasteiger partial charge in [0.2, 0.25) is 0 Å². The molecule has 0 aliphatic carbocycles. The molecule has 2 aromatic rings. The van der Waals surface area contributed by atoms with Gasteiger partial charge in [0.1, 0.15) is 18.1 Å². The van der Waals surface area contributed by atoms with Crippen LogP contribution in [0.4, 0.5) is 0 Å². The van der Waals surface area contributed by atoms with Gasteiger partial charge in [-0.15, -0.1) is 0 Å². The molecule has 0 saturated carbocycles. The monoisotopic (exact) mass is 808 g/mol. The first-order chi connectivity index (χ1) is 23.1. The van der Waals surface area contributed by atoms with Gasteiger partial charge in [-0.3, -0.25) is 0 Å². The zero-order chi connectivity index (χ0) is 36.4. The molecule has 49 heavy (non-hydrogen) atoms. The van der Waals surface area contributed by atoms with Gasteiger partial charge in [0.15, 0.2) is 13.9 Å². The van der Waals surface area contributed by atoms with Crippen molar-refractivity contribution in [1.29, 1.82) is 0 Å². The zero-order valence-corrected chi connectivity index (χ0v) is 34.7. The molecule has 1 N–H and O–H groups in total. The van der Waals surface area contributed by atoms with Crippen LogP contribution in [0, 0.1) is 15.4 Å². The van der Waals surface area contributed by atoms with E-state index in [9.17, 15) is 9.90 Å². The average molecular weight is 809 g/mol. The molecular formula is C40H61IO7Si. The van der Waals surface area contributed by atoms with E-state index >= 15 is 0 Å². The third-order valence-corrected chi connectivity index (χ3v) is 15.5. The SMILES string of the molecule is CCCC(/C=C/Oc1cc(CC(C)C)c(OCc2ccccc2)c(CO[Si](C)(C)C(C)(C)C)c1I)C(O)CCC1(C(=O)OCC)O[C@H]1CC. The molecule has 0 bridgehead atoms. The minimum Gasteiger partial charge on any atom is -0.488 e. The zero-order valence-electron chi connectivity index (χ0n) is 31.6. The number of carbonyl (C=O) groups excluding carboxylic acids is 1. The smallest absolute Gasteiger partial charge is 0.341 e. The van der Waals surface area contributed by atoms with E-state index in [0.29, 0.717) is 38.6 Å². The molecule has 1 heterocycles. The number of rotatable bonds is 20. The quantitative estimate of drug-likeness (QED) is 0.0469. The van der Waals surface area contributed by atoms with E-state index in [1.807, 2.05) is 31.2 Å². The van der Waals surface area contributed by atoms with Crippen molar-refractivity contribution in [2.75, 3.05) is 6.61 Å². The Morgan fingerprint density at radius 1 is 1.10 bits per heavy atom. The minimum atomic E-state index is -2.06. The van der Waals surface area contributed by atoms with Crippen molar-refractivity contribution >= 4 is 36.9 Å². The van der Waals surface area contributed by atoms with Gasteiger partial charge < -0.3 is 28.5 Å². The third-order valence-electron chi connectivity index (χ3n) is 9.85. The van der Waals surface area contributed by atoms with Gasteiger partial charge >= 0.3 is 5.97 Å². The number of carbonyl (C=O) groups is 1. The Hall–Kier alpha value is -1.92. The fourth-order valence-corrected chi connectivity index (χ4v) is 7.46. The number of halogens is 1. The molecule has 0 aromatic heterocycles. The molecule has 4 atom stereocenters. The van der Waals surface area contributed by atoms with Crippen LogP contribution in [0.25, 0.3) is 0 Å². The Morgan fingerprint density at radius 2 is 1.80 bits per heavy atom. The first kappa shape index (κ1) is 41.5. The predicted molar refractivity (Wildman–Crippen MR) is 208 cm³/mol. The second kappa shape index (κ2) is 18.5. The van der Waals surface area contributed by atoms with Crippen LogP contribution in [-0.4, -0.2) is 43.8 Å². The van der Waals surface area contributed by atoms with E-state index in [2.05, 4.69) is 95.4 Å².